The van der Waals surface area contributed by atoms with Crippen LogP contribution in [0.4, 0.5) is 0 Å². The van der Waals surface area contributed by atoms with Crippen molar-refractivity contribution >= 4 is 11.1 Å². The summed E-state index contributed by atoms with van der Waals surface area (Å²) in [6.45, 7) is 6.57. The van der Waals surface area contributed by atoms with Crippen LogP contribution in [0.25, 0.3) is 11.1 Å². The smallest absolute Gasteiger partial charge is 0.00545 e. The number of fused-ring (bicyclic) bond motifs is 1. The topological polar surface area (TPSA) is 0 Å². The van der Waals surface area contributed by atoms with Crippen molar-refractivity contribution in [2.75, 3.05) is 0 Å². The van der Waals surface area contributed by atoms with Crippen LogP contribution in [0, 0.1) is 6.92 Å². The van der Waals surface area contributed by atoms with E-state index in [1.165, 1.54) is 39.0 Å². The standard InChI is InChI=1S/C20H20/c1-14-8-10-17(11-9-14)15(2)13-20-16(3)12-18-6-4-5-7-19(18)20/h4-11,13H,12H2,1-3H3/b15-13+. The van der Waals surface area contributed by atoms with Crippen LogP contribution in [0.2, 0.25) is 0 Å². The van der Waals surface area contributed by atoms with E-state index in [1.807, 2.05) is 0 Å². The Bertz CT molecular complexity index is 697. The van der Waals surface area contributed by atoms with E-state index in [0.717, 1.165) is 6.42 Å². The van der Waals surface area contributed by atoms with Crippen LogP contribution in [0.3, 0.4) is 0 Å². The van der Waals surface area contributed by atoms with Gasteiger partial charge in [0.1, 0.15) is 0 Å². The minimum Gasteiger partial charge on any atom is -0.0619 e. The van der Waals surface area contributed by atoms with Crippen LogP contribution in [0.5, 0.6) is 0 Å². The molecule has 0 bridgehead atoms. The average molecular weight is 260 g/mol. The molecule has 0 aliphatic heterocycles. The van der Waals surface area contributed by atoms with E-state index in [-0.39, 0.29) is 0 Å². The Hall–Kier alpha value is -2.08. The van der Waals surface area contributed by atoms with Gasteiger partial charge in [0, 0.05) is 0 Å². The monoisotopic (exact) mass is 260 g/mol. The summed E-state index contributed by atoms with van der Waals surface area (Å²) in [6, 6.07) is 17.5. The van der Waals surface area contributed by atoms with E-state index < -0.39 is 0 Å². The third-order valence-corrected chi connectivity index (χ3v) is 4.09. The van der Waals surface area contributed by atoms with Crippen LogP contribution in [0.15, 0.2) is 60.2 Å². The van der Waals surface area contributed by atoms with Gasteiger partial charge in [-0.3, -0.25) is 0 Å². The molecule has 0 aromatic heterocycles. The first-order valence-corrected chi connectivity index (χ1v) is 7.18. The molecule has 2 aromatic carbocycles. The summed E-state index contributed by atoms with van der Waals surface area (Å²) in [7, 11) is 0. The highest BCUT2D eigenvalue weighted by atomic mass is 14.2. The first-order valence-electron chi connectivity index (χ1n) is 7.18. The Morgan fingerprint density at radius 3 is 2.40 bits per heavy atom. The first kappa shape index (κ1) is 12.9. The van der Waals surface area contributed by atoms with Gasteiger partial charge in [-0.2, -0.15) is 0 Å². The molecule has 1 aliphatic carbocycles. The molecule has 0 saturated heterocycles. The fourth-order valence-corrected chi connectivity index (χ4v) is 2.87. The van der Waals surface area contributed by atoms with Crippen molar-refractivity contribution in [1.29, 1.82) is 0 Å². The first-order chi connectivity index (χ1) is 9.65. The lowest BCUT2D eigenvalue weighted by molar-refractivity contribution is 1.19. The second kappa shape index (κ2) is 5.13. The highest BCUT2D eigenvalue weighted by Gasteiger charge is 2.16. The molecule has 0 spiro atoms. The minimum atomic E-state index is 1.09. The highest BCUT2D eigenvalue weighted by Crippen LogP contribution is 2.35. The number of hydrogen-bond donors (Lipinski definition) is 0. The summed E-state index contributed by atoms with van der Waals surface area (Å²) < 4.78 is 0. The van der Waals surface area contributed by atoms with E-state index in [0.29, 0.717) is 0 Å². The molecule has 0 unspecified atom stereocenters. The van der Waals surface area contributed by atoms with Crippen LogP contribution < -0.4 is 0 Å². The van der Waals surface area contributed by atoms with Crippen LogP contribution >= 0.6 is 0 Å². The van der Waals surface area contributed by atoms with E-state index >= 15 is 0 Å². The lowest BCUT2D eigenvalue weighted by atomic mass is 9.99. The number of aryl methyl sites for hydroxylation is 1. The normalized spacial score (nSPS) is 14.7. The highest BCUT2D eigenvalue weighted by molar-refractivity contribution is 5.88. The molecule has 0 nitrogen and oxygen atoms in total. The molecule has 0 atom stereocenters. The van der Waals surface area contributed by atoms with Gasteiger partial charge >= 0.3 is 0 Å². The molecule has 0 fully saturated rings. The van der Waals surface area contributed by atoms with Gasteiger partial charge in [-0.05, 0) is 55.0 Å². The maximum atomic E-state index is 2.34. The zero-order valence-electron chi connectivity index (χ0n) is 12.4. The van der Waals surface area contributed by atoms with Gasteiger partial charge in [-0.15, -0.1) is 0 Å². The molecule has 0 saturated carbocycles. The Balaban J connectivity index is 2.00. The van der Waals surface area contributed by atoms with Crippen molar-refractivity contribution in [1.82, 2.24) is 0 Å². The van der Waals surface area contributed by atoms with Gasteiger partial charge in [0.25, 0.3) is 0 Å². The van der Waals surface area contributed by atoms with Crippen molar-refractivity contribution in [2.24, 2.45) is 0 Å². The largest absolute Gasteiger partial charge is 0.0619 e. The summed E-state index contributed by atoms with van der Waals surface area (Å²) >= 11 is 0. The van der Waals surface area contributed by atoms with E-state index in [9.17, 15) is 0 Å². The minimum absolute atomic E-state index is 1.09. The van der Waals surface area contributed by atoms with E-state index in [1.54, 1.807) is 0 Å². The second-order valence-corrected chi connectivity index (χ2v) is 5.72. The molecule has 20 heavy (non-hydrogen) atoms. The van der Waals surface area contributed by atoms with E-state index in [4.69, 9.17) is 0 Å². The Labute approximate surface area is 121 Å². The van der Waals surface area contributed by atoms with Crippen LogP contribution in [0.1, 0.15) is 36.1 Å². The van der Waals surface area contributed by atoms with Gasteiger partial charge in [0.05, 0.1) is 0 Å². The predicted molar refractivity (Wildman–Crippen MR) is 87.6 cm³/mol. The maximum absolute atomic E-state index is 2.34. The van der Waals surface area contributed by atoms with Gasteiger partial charge in [0.2, 0.25) is 0 Å². The summed E-state index contributed by atoms with van der Waals surface area (Å²) in [5.74, 6) is 0. The number of hydrogen-bond acceptors (Lipinski definition) is 0. The van der Waals surface area contributed by atoms with Crippen molar-refractivity contribution in [3.8, 4) is 0 Å². The van der Waals surface area contributed by atoms with Crippen LogP contribution in [-0.4, -0.2) is 0 Å². The molecule has 3 rings (SSSR count). The summed E-state index contributed by atoms with van der Waals surface area (Å²) in [4.78, 5) is 0. The third-order valence-electron chi connectivity index (χ3n) is 4.09. The Morgan fingerprint density at radius 2 is 1.65 bits per heavy atom. The van der Waals surface area contributed by atoms with Gasteiger partial charge in [-0.25, -0.2) is 0 Å². The molecule has 0 N–H and O–H groups in total. The van der Waals surface area contributed by atoms with Gasteiger partial charge in [0.15, 0.2) is 0 Å². The molecule has 0 amide bonds. The van der Waals surface area contributed by atoms with Crippen molar-refractivity contribution in [2.45, 2.75) is 27.2 Å². The third kappa shape index (κ3) is 2.34. The van der Waals surface area contributed by atoms with Gasteiger partial charge in [-0.1, -0.05) is 65.7 Å². The molecule has 0 heteroatoms. The van der Waals surface area contributed by atoms with E-state index in [2.05, 4.69) is 75.4 Å². The molecular formula is C20H20. The molecule has 1 aliphatic rings. The number of allylic oxidation sites excluding steroid dienone is 4. The molecule has 0 heterocycles. The summed E-state index contributed by atoms with van der Waals surface area (Å²) in [5, 5.41) is 0. The lowest BCUT2D eigenvalue weighted by Crippen LogP contribution is -1.84. The molecule has 0 radical (unpaired) electrons. The fourth-order valence-electron chi connectivity index (χ4n) is 2.87. The van der Waals surface area contributed by atoms with Crippen molar-refractivity contribution < 1.29 is 0 Å². The Kier molecular flexibility index (Phi) is 3.31. The lowest BCUT2D eigenvalue weighted by Gasteiger charge is -2.06. The summed E-state index contributed by atoms with van der Waals surface area (Å²) in [6.07, 6.45) is 3.43. The SMILES string of the molecule is CC1=C(/C=C(\C)c2ccc(C)cc2)c2ccccc2C1. The quantitative estimate of drug-likeness (QED) is 0.675. The second-order valence-electron chi connectivity index (χ2n) is 5.72. The fraction of sp³-hybridized carbons (Fsp3) is 0.200. The average Bonchev–Trinajstić information content (AvgIpc) is 2.76. The predicted octanol–water partition coefficient (Wildman–Crippen LogP) is 5.43. The molecule has 2 aromatic rings. The van der Waals surface area contributed by atoms with Gasteiger partial charge < -0.3 is 0 Å². The number of rotatable bonds is 2. The molecule has 100 valence electrons. The zero-order chi connectivity index (χ0) is 14.1. The van der Waals surface area contributed by atoms with Crippen molar-refractivity contribution in [3.63, 3.8) is 0 Å². The number of benzene rings is 2. The van der Waals surface area contributed by atoms with Crippen molar-refractivity contribution in [3.05, 3.63) is 82.4 Å². The van der Waals surface area contributed by atoms with Crippen LogP contribution in [-0.2, 0) is 6.42 Å². The maximum Gasteiger partial charge on any atom is -0.00545 e. The zero-order valence-corrected chi connectivity index (χ0v) is 12.4. The summed E-state index contributed by atoms with van der Waals surface area (Å²) in [5.41, 5.74) is 9.67. The molecular weight excluding hydrogens is 240 g/mol. The Morgan fingerprint density at radius 1 is 0.950 bits per heavy atom.